The molecule has 22 heavy (non-hydrogen) atoms. The highest BCUT2D eigenvalue weighted by molar-refractivity contribution is 6.03. The number of nitrogens with one attached hydrogen (secondary N) is 2. The van der Waals surface area contributed by atoms with Crippen molar-refractivity contribution in [3.8, 4) is 0 Å². The topological polar surface area (TPSA) is 71.1 Å². The van der Waals surface area contributed by atoms with Gasteiger partial charge in [0.1, 0.15) is 6.42 Å². The van der Waals surface area contributed by atoms with Gasteiger partial charge in [-0.15, -0.1) is 0 Å². The van der Waals surface area contributed by atoms with Gasteiger partial charge in [0.15, 0.2) is 0 Å². The van der Waals surface area contributed by atoms with Crippen LogP contribution >= 0.6 is 0 Å². The molecule has 0 bridgehead atoms. The predicted molar refractivity (Wildman–Crippen MR) is 85.2 cm³/mol. The van der Waals surface area contributed by atoms with E-state index in [1.807, 2.05) is 30.3 Å². The zero-order valence-electron chi connectivity index (χ0n) is 12.5. The molecule has 0 aliphatic carbocycles. The molecule has 0 spiro atoms. The lowest BCUT2D eigenvalue weighted by atomic mass is 10.1. The van der Waals surface area contributed by atoms with Gasteiger partial charge in [0.05, 0.1) is 0 Å². The molecule has 0 fully saturated rings. The molecule has 0 saturated carbocycles. The quantitative estimate of drug-likeness (QED) is 0.804. The Morgan fingerprint density at radius 2 is 1.82 bits per heavy atom. The van der Waals surface area contributed by atoms with E-state index in [1.54, 1.807) is 18.5 Å². The number of nitrogens with zero attached hydrogens (tertiary/aromatic N) is 1. The highest BCUT2D eigenvalue weighted by Gasteiger charge is 2.09. The standard InChI is InChI=1S/C17H19N3O2/c1-2-13-5-7-15(8-6-13)20-17(22)10-16(21)19-12-14-4-3-9-18-11-14/h3-9,11H,2,10,12H2,1H3,(H,19,21)(H,20,22). The number of aromatic nitrogens is 1. The number of pyridine rings is 1. The SMILES string of the molecule is CCc1ccc(NC(=O)CC(=O)NCc2cccnc2)cc1. The number of benzene rings is 1. The second kappa shape index (κ2) is 7.93. The molecule has 0 unspecified atom stereocenters. The zero-order valence-corrected chi connectivity index (χ0v) is 12.5. The van der Waals surface area contributed by atoms with Crippen molar-refractivity contribution in [2.75, 3.05) is 5.32 Å². The van der Waals surface area contributed by atoms with Crippen LogP contribution in [0.3, 0.4) is 0 Å². The van der Waals surface area contributed by atoms with E-state index in [2.05, 4.69) is 22.5 Å². The van der Waals surface area contributed by atoms with Crippen LogP contribution in [-0.4, -0.2) is 16.8 Å². The van der Waals surface area contributed by atoms with Crippen molar-refractivity contribution in [2.45, 2.75) is 26.3 Å². The maximum absolute atomic E-state index is 11.8. The lowest BCUT2D eigenvalue weighted by Gasteiger charge is -2.07. The van der Waals surface area contributed by atoms with Crippen LogP contribution in [0.25, 0.3) is 0 Å². The van der Waals surface area contributed by atoms with Crippen LogP contribution in [0, 0.1) is 0 Å². The summed E-state index contributed by atoms with van der Waals surface area (Å²) in [5.74, 6) is -0.639. The minimum atomic E-state index is -0.326. The molecule has 0 atom stereocenters. The normalized spacial score (nSPS) is 10.0. The first-order chi connectivity index (χ1) is 10.7. The Morgan fingerprint density at radius 1 is 1.05 bits per heavy atom. The number of hydrogen-bond donors (Lipinski definition) is 2. The van der Waals surface area contributed by atoms with E-state index in [0.717, 1.165) is 12.0 Å². The second-order valence-corrected chi connectivity index (χ2v) is 4.91. The van der Waals surface area contributed by atoms with Crippen LogP contribution < -0.4 is 10.6 Å². The van der Waals surface area contributed by atoms with Gasteiger partial charge >= 0.3 is 0 Å². The molecule has 2 aromatic rings. The minimum Gasteiger partial charge on any atom is -0.352 e. The maximum Gasteiger partial charge on any atom is 0.233 e. The summed E-state index contributed by atoms with van der Waals surface area (Å²) in [6.07, 6.45) is 4.10. The summed E-state index contributed by atoms with van der Waals surface area (Å²) >= 11 is 0. The lowest BCUT2D eigenvalue weighted by molar-refractivity contribution is -0.126. The summed E-state index contributed by atoms with van der Waals surface area (Å²) in [6, 6.07) is 11.3. The molecule has 1 heterocycles. The number of rotatable bonds is 6. The molecule has 5 heteroatoms. The average Bonchev–Trinajstić information content (AvgIpc) is 2.54. The van der Waals surface area contributed by atoms with Gasteiger partial charge in [0.2, 0.25) is 11.8 Å². The molecule has 1 aromatic heterocycles. The summed E-state index contributed by atoms with van der Waals surface area (Å²) in [4.78, 5) is 27.5. The Balaban J connectivity index is 1.77. The highest BCUT2D eigenvalue weighted by Crippen LogP contribution is 2.10. The monoisotopic (exact) mass is 297 g/mol. The number of carbonyl (C=O) groups is 2. The summed E-state index contributed by atoms with van der Waals surface area (Å²) in [6.45, 7) is 2.44. The lowest BCUT2D eigenvalue weighted by Crippen LogP contribution is -2.27. The molecule has 2 rings (SSSR count). The molecule has 5 nitrogen and oxygen atoms in total. The highest BCUT2D eigenvalue weighted by atomic mass is 16.2. The van der Waals surface area contributed by atoms with E-state index < -0.39 is 0 Å². The van der Waals surface area contributed by atoms with Crippen LogP contribution in [0.15, 0.2) is 48.8 Å². The predicted octanol–water partition coefficient (Wildman–Crippen LogP) is 2.29. The molecule has 1 aromatic carbocycles. The second-order valence-electron chi connectivity index (χ2n) is 4.91. The van der Waals surface area contributed by atoms with Crippen LogP contribution in [0.5, 0.6) is 0 Å². The molecule has 0 radical (unpaired) electrons. The first-order valence-corrected chi connectivity index (χ1v) is 7.21. The molecular formula is C17H19N3O2. The Bertz CT molecular complexity index is 624. The van der Waals surface area contributed by atoms with Gasteiger partial charge in [-0.1, -0.05) is 25.1 Å². The average molecular weight is 297 g/mol. The van der Waals surface area contributed by atoms with E-state index in [0.29, 0.717) is 12.2 Å². The smallest absolute Gasteiger partial charge is 0.233 e. The van der Waals surface area contributed by atoms with Crippen molar-refractivity contribution in [3.63, 3.8) is 0 Å². The third-order valence-corrected chi connectivity index (χ3v) is 3.18. The van der Waals surface area contributed by atoms with Gasteiger partial charge in [-0.2, -0.15) is 0 Å². The fourth-order valence-electron chi connectivity index (χ4n) is 1.94. The Labute approximate surface area is 129 Å². The van der Waals surface area contributed by atoms with Gasteiger partial charge in [-0.25, -0.2) is 0 Å². The Morgan fingerprint density at radius 3 is 2.45 bits per heavy atom. The fraction of sp³-hybridized carbons (Fsp3) is 0.235. The van der Waals surface area contributed by atoms with Crippen molar-refractivity contribution >= 4 is 17.5 Å². The van der Waals surface area contributed by atoms with Crippen molar-refractivity contribution in [3.05, 3.63) is 59.9 Å². The number of amides is 2. The number of anilines is 1. The zero-order chi connectivity index (χ0) is 15.8. The summed E-state index contributed by atoms with van der Waals surface area (Å²) < 4.78 is 0. The van der Waals surface area contributed by atoms with Crippen molar-refractivity contribution < 1.29 is 9.59 Å². The summed E-state index contributed by atoms with van der Waals surface area (Å²) in [5, 5.41) is 5.40. The van der Waals surface area contributed by atoms with Crippen LogP contribution in [0.1, 0.15) is 24.5 Å². The van der Waals surface area contributed by atoms with E-state index in [1.165, 1.54) is 5.56 Å². The molecule has 114 valence electrons. The Hall–Kier alpha value is -2.69. The number of hydrogen-bond acceptors (Lipinski definition) is 3. The van der Waals surface area contributed by atoms with Crippen molar-refractivity contribution in [1.82, 2.24) is 10.3 Å². The first kappa shape index (κ1) is 15.7. The van der Waals surface area contributed by atoms with Crippen LogP contribution in [0.4, 0.5) is 5.69 Å². The largest absolute Gasteiger partial charge is 0.352 e. The molecule has 0 saturated heterocycles. The summed E-state index contributed by atoms with van der Waals surface area (Å²) in [5.41, 5.74) is 2.79. The fourth-order valence-corrected chi connectivity index (χ4v) is 1.94. The molecule has 0 aliphatic heterocycles. The summed E-state index contributed by atoms with van der Waals surface area (Å²) in [7, 11) is 0. The third kappa shape index (κ3) is 5.01. The van der Waals surface area contributed by atoms with Crippen molar-refractivity contribution in [1.29, 1.82) is 0 Å². The van der Waals surface area contributed by atoms with E-state index >= 15 is 0 Å². The van der Waals surface area contributed by atoms with Crippen LogP contribution in [0.2, 0.25) is 0 Å². The molecule has 2 N–H and O–H groups in total. The van der Waals surface area contributed by atoms with Crippen LogP contribution in [-0.2, 0) is 22.6 Å². The molecular weight excluding hydrogens is 278 g/mol. The molecule has 2 amide bonds. The van der Waals surface area contributed by atoms with E-state index in [-0.39, 0.29) is 18.2 Å². The van der Waals surface area contributed by atoms with Gasteiger partial charge in [-0.3, -0.25) is 14.6 Å². The minimum absolute atomic E-state index is 0.199. The van der Waals surface area contributed by atoms with Gasteiger partial charge < -0.3 is 10.6 Å². The number of aryl methyl sites for hydroxylation is 1. The van der Waals surface area contributed by atoms with Gasteiger partial charge in [-0.05, 0) is 35.7 Å². The van der Waals surface area contributed by atoms with Gasteiger partial charge in [0, 0.05) is 24.6 Å². The third-order valence-electron chi connectivity index (χ3n) is 3.18. The molecule has 0 aliphatic rings. The van der Waals surface area contributed by atoms with E-state index in [9.17, 15) is 9.59 Å². The first-order valence-electron chi connectivity index (χ1n) is 7.21. The van der Waals surface area contributed by atoms with E-state index in [4.69, 9.17) is 0 Å². The Kier molecular flexibility index (Phi) is 5.65. The number of carbonyl (C=O) groups excluding carboxylic acids is 2. The van der Waals surface area contributed by atoms with Gasteiger partial charge in [0.25, 0.3) is 0 Å². The van der Waals surface area contributed by atoms with Crippen molar-refractivity contribution in [2.24, 2.45) is 0 Å². The maximum atomic E-state index is 11.8.